The summed E-state index contributed by atoms with van der Waals surface area (Å²) < 4.78 is 0. The van der Waals surface area contributed by atoms with Crippen LogP contribution < -0.4 is 0 Å². The van der Waals surface area contributed by atoms with E-state index in [0.717, 1.165) is 27.8 Å². The Morgan fingerprint density at radius 1 is 1.05 bits per heavy atom. The number of aryl methyl sites for hydroxylation is 2. The smallest absolute Gasteiger partial charge is 0.307 e. The third kappa shape index (κ3) is 3.15. The molecule has 98 valence electrons. The topological polar surface area (TPSA) is 37.3 Å². The summed E-state index contributed by atoms with van der Waals surface area (Å²) in [6.45, 7) is 3.90. The van der Waals surface area contributed by atoms with Gasteiger partial charge in [-0.25, -0.2) is 0 Å². The minimum absolute atomic E-state index is 0.0680. The van der Waals surface area contributed by atoms with Crippen LogP contribution in [-0.2, 0) is 11.2 Å². The summed E-state index contributed by atoms with van der Waals surface area (Å²) in [5.74, 6) is -0.801. The molecule has 2 nitrogen and oxygen atoms in total. The number of carbonyl (C=O) groups is 1. The molecular formula is C16H15ClO2. The SMILES string of the molecule is Cc1cc(-c2ccc(Cl)cc2)cc(C)c1CC(=O)O. The van der Waals surface area contributed by atoms with Gasteiger partial charge in [0.25, 0.3) is 0 Å². The zero-order valence-electron chi connectivity index (χ0n) is 10.9. The third-order valence-electron chi connectivity index (χ3n) is 3.20. The molecule has 19 heavy (non-hydrogen) atoms. The van der Waals surface area contributed by atoms with Crippen molar-refractivity contribution in [3.05, 3.63) is 58.1 Å². The van der Waals surface area contributed by atoms with E-state index in [9.17, 15) is 4.79 Å². The van der Waals surface area contributed by atoms with Gasteiger partial charge >= 0.3 is 5.97 Å². The molecule has 0 aliphatic carbocycles. The number of carboxylic acid groups (broad SMARTS) is 1. The molecule has 0 aromatic heterocycles. The molecule has 0 amide bonds. The number of aliphatic carboxylic acids is 1. The highest BCUT2D eigenvalue weighted by Crippen LogP contribution is 2.26. The Hall–Kier alpha value is -1.80. The van der Waals surface area contributed by atoms with Crippen LogP contribution in [0.4, 0.5) is 0 Å². The first-order valence-corrected chi connectivity index (χ1v) is 6.43. The predicted octanol–water partition coefficient (Wildman–Crippen LogP) is 4.25. The van der Waals surface area contributed by atoms with E-state index in [-0.39, 0.29) is 6.42 Å². The second kappa shape index (κ2) is 5.45. The van der Waals surface area contributed by atoms with Crippen LogP contribution in [0.1, 0.15) is 16.7 Å². The lowest BCUT2D eigenvalue weighted by Gasteiger charge is -2.11. The Morgan fingerprint density at radius 2 is 1.58 bits per heavy atom. The minimum Gasteiger partial charge on any atom is -0.481 e. The van der Waals surface area contributed by atoms with Crippen LogP contribution in [0.3, 0.4) is 0 Å². The van der Waals surface area contributed by atoms with E-state index in [4.69, 9.17) is 16.7 Å². The van der Waals surface area contributed by atoms with Crippen LogP contribution in [0, 0.1) is 13.8 Å². The molecule has 2 rings (SSSR count). The maximum Gasteiger partial charge on any atom is 0.307 e. The second-order valence-corrected chi connectivity index (χ2v) is 5.10. The first-order valence-electron chi connectivity index (χ1n) is 6.05. The number of hydrogen-bond donors (Lipinski definition) is 1. The van der Waals surface area contributed by atoms with Crippen LogP contribution in [-0.4, -0.2) is 11.1 Å². The van der Waals surface area contributed by atoms with Gasteiger partial charge in [0, 0.05) is 5.02 Å². The molecule has 0 spiro atoms. The molecule has 0 saturated carbocycles. The van der Waals surface area contributed by atoms with Gasteiger partial charge < -0.3 is 5.11 Å². The maximum atomic E-state index is 10.9. The Kier molecular flexibility index (Phi) is 3.91. The molecule has 1 N–H and O–H groups in total. The maximum absolute atomic E-state index is 10.9. The number of rotatable bonds is 3. The van der Waals surface area contributed by atoms with Gasteiger partial charge in [-0.1, -0.05) is 35.9 Å². The largest absolute Gasteiger partial charge is 0.481 e. The van der Waals surface area contributed by atoms with Gasteiger partial charge in [-0.15, -0.1) is 0 Å². The first kappa shape index (κ1) is 13.6. The van der Waals surface area contributed by atoms with Crippen molar-refractivity contribution in [2.45, 2.75) is 20.3 Å². The Balaban J connectivity index is 2.44. The number of benzene rings is 2. The zero-order valence-corrected chi connectivity index (χ0v) is 11.7. The summed E-state index contributed by atoms with van der Waals surface area (Å²) >= 11 is 5.88. The van der Waals surface area contributed by atoms with Gasteiger partial charge in [-0.05, 0) is 53.8 Å². The fourth-order valence-corrected chi connectivity index (χ4v) is 2.36. The minimum atomic E-state index is -0.801. The number of carboxylic acids is 1. The highest BCUT2D eigenvalue weighted by molar-refractivity contribution is 6.30. The molecule has 0 heterocycles. The molecule has 2 aromatic carbocycles. The summed E-state index contributed by atoms with van der Waals surface area (Å²) in [5.41, 5.74) is 5.07. The normalized spacial score (nSPS) is 10.5. The molecule has 0 fully saturated rings. The van der Waals surface area contributed by atoms with Gasteiger partial charge in [0.05, 0.1) is 6.42 Å². The van der Waals surface area contributed by atoms with Gasteiger partial charge in [-0.3, -0.25) is 4.79 Å². The molecule has 0 bridgehead atoms. The van der Waals surface area contributed by atoms with E-state index in [1.54, 1.807) is 0 Å². The van der Waals surface area contributed by atoms with Crippen molar-refractivity contribution >= 4 is 17.6 Å². The van der Waals surface area contributed by atoms with Gasteiger partial charge in [-0.2, -0.15) is 0 Å². The Morgan fingerprint density at radius 3 is 2.05 bits per heavy atom. The van der Waals surface area contributed by atoms with Crippen molar-refractivity contribution < 1.29 is 9.90 Å². The summed E-state index contributed by atoms with van der Waals surface area (Å²) in [6, 6.07) is 11.7. The summed E-state index contributed by atoms with van der Waals surface area (Å²) in [5, 5.41) is 9.63. The van der Waals surface area contributed by atoms with Crippen molar-refractivity contribution in [2.24, 2.45) is 0 Å². The predicted molar refractivity (Wildman–Crippen MR) is 77.7 cm³/mol. The third-order valence-corrected chi connectivity index (χ3v) is 3.45. The highest BCUT2D eigenvalue weighted by Gasteiger charge is 2.09. The lowest BCUT2D eigenvalue weighted by atomic mass is 9.94. The van der Waals surface area contributed by atoms with Crippen LogP contribution in [0.15, 0.2) is 36.4 Å². The van der Waals surface area contributed by atoms with Crippen molar-refractivity contribution in [1.29, 1.82) is 0 Å². The van der Waals surface area contributed by atoms with Crippen LogP contribution in [0.5, 0.6) is 0 Å². The summed E-state index contributed by atoms with van der Waals surface area (Å²) in [6.07, 6.45) is 0.0680. The average molecular weight is 275 g/mol. The lowest BCUT2D eigenvalue weighted by Crippen LogP contribution is -2.04. The highest BCUT2D eigenvalue weighted by atomic mass is 35.5. The van der Waals surface area contributed by atoms with Crippen molar-refractivity contribution in [1.82, 2.24) is 0 Å². The molecule has 0 atom stereocenters. The monoisotopic (exact) mass is 274 g/mol. The van der Waals surface area contributed by atoms with Crippen molar-refractivity contribution in [2.75, 3.05) is 0 Å². The lowest BCUT2D eigenvalue weighted by molar-refractivity contribution is -0.136. The summed E-state index contributed by atoms with van der Waals surface area (Å²) in [4.78, 5) is 10.9. The quantitative estimate of drug-likeness (QED) is 0.908. The molecule has 0 saturated heterocycles. The molecule has 0 aliphatic rings. The van der Waals surface area contributed by atoms with E-state index in [1.165, 1.54) is 0 Å². The van der Waals surface area contributed by atoms with Gasteiger partial charge in [0.2, 0.25) is 0 Å². The fourth-order valence-electron chi connectivity index (χ4n) is 2.23. The second-order valence-electron chi connectivity index (χ2n) is 4.67. The van der Waals surface area contributed by atoms with E-state index < -0.39 is 5.97 Å². The van der Waals surface area contributed by atoms with Crippen LogP contribution in [0.25, 0.3) is 11.1 Å². The van der Waals surface area contributed by atoms with E-state index in [1.807, 2.05) is 50.2 Å². The summed E-state index contributed by atoms with van der Waals surface area (Å²) in [7, 11) is 0. The van der Waals surface area contributed by atoms with Crippen LogP contribution >= 0.6 is 11.6 Å². The fraction of sp³-hybridized carbons (Fsp3) is 0.188. The van der Waals surface area contributed by atoms with Gasteiger partial charge in [0.1, 0.15) is 0 Å². The number of halogens is 1. The zero-order chi connectivity index (χ0) is 14.0. The molecule has 0 aliphatic heterocycles. The number of hydrogen-bond acceptors (Lipinski definition) is 1. The molecular weight excluding hydrogens is 260 g/mol. The average Bonchev–Trinajstić information content (AvgIpc) is 2.34. The van der Waals surface area contributed by atoms with Crippen molar-refractivity contribution in [3.63, 3.8) is 0 Å². The Bertz CT molecular complexity index is 592. The van der Waals surface area contributed by atoms with Gasteiger partial charge in [0.15, 0.2) is 0 Å². The molecule has 3 heteroatoms. The standard InChI is InChI=1S/C16H15ClO2/c1-10-7-13(12-3-5-14(17)6-4-12)8-11(2)15(10)9-16(18)19/h3-8H,9H2,1-2H3,(H,18,19). The van der Waals surface area contributed by atoms with E-state index in [0.29, 0.717) is 5.02 Å². The van der Waals surface area contributed by atoms with Crippen molar-refractivity contribution in [3.8, 4) is 11.1 Å². The Labute approximate surface area is 117 Å². The van der Waals surface area contributed by atoms with Crippen LogP contribution in [0.2, 0.25) is 5.02 Å². The van der Waals surface area contributed by atoms with E-state index in [2.05, 4.69) is 0 Å². The molecule has 0 unspecified atom stereocenters. The molecule has 2 aromatic rings. The molecule has 0 radical (unpaired) electrons. The van der Waals surface area contributed by atoms with E-state index >= 15 is 0 Å². The first-order chi connectivity index (χ1) is 8.97.